The first-order chi connectivity index (χ1) is 12.2. The van der Waals surface area contributed by atoms with Crippen molar-refractivity contribution in [3.8, 4) is 5.75 Å². The SMILES string of the molecule is Cn1ncc(CN2CCCC(COc3ccccc3F)C2)c1C1CC1. The lowest BCUT2D eigenvalue weighted by molar-refractivity contribution is 0.123. The third kappa shape index (κ3) is 3.87. The number of ether oxygens (including phenoxy) is 1. The van der Waals surface area contributed by atoms with E-state index in [2.05, 4.69) is 21.7 Å². The van der Waals surface area contributed by atoms with Crippen molar-refractivity contribution in [2.24, 2.45) is 13.0 Å². The molecule has 5 heteroatoms. The van der Waals surface area contributed by atoms with E-state index in [9.17, 15) is 4.39 Å². The predicted octanol–water partition coefficient (Wildman–Crippen LogP) is 3.73. The second kappa shape index (κ2) is 7.16. The van der Waals surface area contributed by atoms with Crippen LogP contribution in [0.25, 0.3) is 0 Å². The van der Waals surface area contributed by atoms with E-state index < -0.39 is 0 Å². The van der Waals surface area contributed by atoms with E-state index in [0.29, 0.717) is 24.2 Å². The maximum atomic E-state index is 13.7. The molecule has 0 radical (unpaired) electrons. The summed E-state index contributed by atoms with van der Waals surface area (Å²) in [7, 11) is 2.05. The van der Waals surface area contributed by atoms with Crippen molar-refractivity contribution in [1.29, 1.82) is 0 Å². The average Bonchev–Trinajstić information content (AvgIpc) is 3.38. The third-order valence-corrected chi connectivity index (χ3v) is 5.34. The van der Waals surface area contributed by atoms with E-state index in [-0.39, 0.29) is 5.82 Å². The van der Waals surface area contributed by atoms with Gasteiger partial charge in [0.2, 0.25) is 0 Å². The highest BCUT2D eigenvalue weighted by Crippen LogP contribution is 2.41. The monoisotopic (exact) mass is 343 g/mol. The molecule has 1 saturated heterocycles. The van der Waals surface area contributed by atoms with Gasteiger partial charge in [-0.1, -0.05) is 12.1 Å². The Morgan fingerprint density at radius 1 is 1.24 bits per heavy atom. The Kier molecular flexibility index (Phi) is 4.75. The minimum absolute atomic E-state index is 0.278. The topological polar surface area (TPSA) is 30.3 Å². The van der Waals surface area contributed by atoms with Crippen LogP contribution in [0.5, 0.6) is 5.75 Å². The zero-order chi connectivity index (χ0) is 17.2. The fourth-order valence-corrected chi connectivity index (χ4v) is 3.94. The van der Waals surface area contributed by atoms with Gasteiger partial charge in [0.25, 0.3) is 0 Å². The molecule has 4 nitrogen and oxygen atoms in total. The smallest absolute Gasteiger partial charge is 0.165 e. The number of hydrogen-bond acceptors (Lipinski definition) is 3. The lowest BCUT2D eigenvalue weighted by atomic mass is 9.98. The van der Waals surface area contributed by atoms with Gasteiger partial charge in [-0.15, -0.1) is 0 Å². The molecule has 1 aromatic heterocycles. The molecular formula is C20H26FN3O. The van der Waals surface area contributed by atoms with Crippen LogP contribution in [-0.2, 0) is 13.6 Å². The molecule has 25 heavy (non-hydrogen) atoms. The summed E-state index contributed by atoms with van der Waals surface area (Å²) in [4.78, 5) is 2.50. The van der Waals surface area contributed by atoms with Gasteiger partial charge in [0.1, 0.15) is 0 Å². The van der Waals surface area contributed by atoms with Gasteiger partial charge < -0.3 is 4.74 Å². The molecule has 1 unspecified atom stereocenters. The van der Waals surface area contributed by atoms with E-state index in [0.717, 1.165) is 26.1 Å². The highest BCUT2D eigenvalue weighted by Gasteiger charge is 2.30. The first-order valence-electron chi connectivity index (χ1n) is 9.31. The number of benzene rings is 1. The Labute approximate surface area is 148 Å². The number of likely N-dealkylation sites (tertiary alicyclic amines) is 1. The van der Waals surface area contributed by atoms with E-state index in [4.69, 9.17) is 4.74 Å². The summed E-state index contributed by atoms with van der Waals surface area (Å²) in [5.74, 6) is 1.25. The molecule has 4 rings (SSSR count). The molecule has 2 fully saturated rings. The molecule has 2 aliphatic rings. The van der Waals surface area contributed by atoms with Crippen molar-refractivity contribution < 1.29 is 9.13 Å². The van der Waals surface area contributed by atoms with Crippen molar-refractivity contribution in [1.82, 2.24) is 14.7 Å². The van der Waals surface area contributed by atoms with Crippen molar-refractivity contribution in [3.05, 3.63) is 47.5 Å². The van der Waals surface area contributed by atoms with Gasteiger partial charge in [-0.2, -0.15) is 5.10 Å². The zero-order valence-electron chi connectivity index (χ0n) is 14.8. The van der Waals surface area contributed by atoms with E-state index in [1.165, 1.54) is 36.6 Å². The summed E-state index contributed by atoms with van der Waals surface area (Å²) in [5.41, 5.74) is 2.80. The van der Waals surface area contributed by atoms with Crippen LogP contribution >= 0.6 is 0 Å². The van der Waals surface area contributed by atoms with Gasteiger partial charge in [0.05, 0.1) is 12.8 Å². The summed E-state index contributed by atoms with van der Waals surface area (Å²) in [6.07, 6.45) is 6.95. The van der Waals surface area contributed by atoms with Gasteiger partial charge in [0.15, 0.2) is 11.6 Å². The third-order valence-electron chi connectivity index (χ3n) is 5.34. The molecule has 1 aliphatic carbocycles. The lowest BCUT2D eigenvalue weighted by Crippen LogP contribution is -2.37. The maximum Gasteiger partial charge on any atom is 0.165 e. The van der Waals surface area contributed by atoms with Crippen molar-refractivity contribution in [2.45, 2.75) is 38.1 Å². The molecule has 0 spiro atoms. The molecule has 2 aromatic rings. The Bertz CT molecular complexity index is 725. The fraction of sp³-hybridized carbons (Fsp3) is 0.550. The number of aromatic nitrogens is 2. The molecule has 134 valence electrons. The van der Waals surface area contributed by atoms with Crippen LogP contribution in [-0.4, -0.2) is 34.4 Å². The molecule has 1 aliphatic heterocycles. The Balaban J connectivity index is 1.34. The van der Waals surface area contributed by atoms with E-state index in [1.807, 2.05) is 12.3 Å². The number of halogens is 1. The van der Waals surface area contributed by atoms with Gasteiger partial charge in [0, 0.05) is 43.2 Å². The van der Waals surface area contributed by atoms with Crippen LogP contribution in [0.2, 0.25) is 0 Å². The van der Waals surface area contributed by atoms with Gasteiger partial charge in [-0.3, -0.25) is 9.58 Å². The van der Waals surface area contributed by atoms with Crippen molar-refractivity contribution in [2.75, 3.05) is 19.7 Å². The second-order valence-corrected chi connectivity index (χ2v) is 7.44. The summed E-state index contributed by atoms with van der Waals surface area (Å²) < 4.78 is 21.5. The highest BCUT2D eigenvalue weighted by molar-refractivity contribution is 5.26. The van der Waals surface area contributed by atoms with Crippen LogP contribution in [0, 0.1) is 11.7 Å². The number of aryl methyl sites for hydroxylation is 1. The van der Waals surface area contributed by atoms with E-state index >= 15 is 0 Å². The minimum Gasteiger partial charge on any atom is -0.490 e. The van der Waals surface area contributed by atoms with Gasteiger partial charge >= 0.3 is 0 Å². The van der Waals surface area contributed by atoms with Crippen molar-refractivity contribution >= 4 is 0 Å². The summed E-state index contributed by atoms with van der Waals surface area (Å²) in [5, 5.41) is 4.47. The first-order valence-corrected chi connectivity index (χ1v) is 9.31. The normalized spacial score (nSPS) is 21.4. The lowest BCUT2D eigenvalue weighted by Gasteiger charge is -2.32. The van der Waals surface area contributed by atoms with Crippen LogP contribution in [0.15, 0.2) is 30.5 Å². The number of nitrogens with zero attached hydrogens (tertiary/aromatic N) is 3. The highest BCUT2D eigenvalue weighted by atomic mass is 19.1. The second-order valence-electron chi connectivity index (χ2n) is 7.44. The van der Waals surface area contributed by atoms with Crippen LogP contribution in [0.3, 0.4) is 0 Å². The Morgan fingerprint density at radius 3 is 2.88 bits per heavy atom. The molecule has 1 saturated carbocycles. The fourth-order valence-electron chi connectivity index (χ4n) is 3.94. The number of para-hydroxylation sites is 1. The first kappa shape index (κ1) is 16.6. The molecule has 2 heterocycles. The number of rotatable bonds is 6. The van der Waals surface area contributed by atoms with E-state index in [1.54, 1.807) is 12.1 Å². The van der Waals surface area contributed by atoms with Crippen LogP contribution in [0.4, 0.5) is 4.39 Å². The van der Waals surface area contributed by atoms with Crippen LogP contribution < -0.4 is 4.74 Å². The molecule has 1 atom stereocenters. The summed E-state index contributed by atoms with van der Waals surface area (Å²) >= 11 is 0. The van der Waals surface area contributed by atoms with Gasteiger partial charge in [-0.05, 0) is 44.4 Å². The Morgan fingerprint density at radius 2 is 2.08 bits per heavy atom. The Hall–Kier alpha value is -1.88. The number of piperidine rings is 1. The van der Waals surface area contributed by atoms with Gasteiger partial charge in [-0.25, -0.2) is 4.39 Å². The summed E-state index contributed by atoms with van der Waals surface area (Å²) in [6.45, 7) is 3.68. The zero-order valence-corrected chi connectivity index (χ0v) is 14.8. The maximum absolute atomic E-state index is 13.7. The average molecular weight is 343 g/mol. The molecule has 1 aromatic carbocycles. The molecular weight excluding hydrogens is 317 g/mol. The quantitative estimate of drug-likeness (QED) is 0.801. The molecule has 0 amide bonds. The largest absolute Gasteiger partial charge is 0.490 e. The molecule has 0 N–H and O–H groups in total. The number of hydrogen-bond donors (Lipinski definition) is 0. The van der Waals surface area contributed by atoms with Crippen LogP contribution in [0.1, 0.15) is 42.9 Å². The molecule has 0 bridgehead atoms. The standard InChI is InChI=1S/C20H26FN3O/c1-23-20(16-8-9-16)17(11-22-23)13-24-10-4-5-15(12-24)14-25-19-7-3-2-6-18(19)21/h2-3,6-7,11,15-16H,4-5,8-10,12-14H2,1H3. The van der Waals surface area contributed by atoms with Crippen molar-refractivity contribution in [3.63, 3.8) is 0 Å². The predicted molar refractivity (Wildman–Crippen MR) is 95.1 cm³/mol. The summed E-state index contributed by atoms with van der Waals surface area (Å²) in [6, 6.07) is 6.65. The minimum atomic E-state index is -0.278.